The molecule has 110 valence electrons. The molecule has 1 rings (SSSR count). The molecule has 4 nitrogen and oxygen atoms in total. The van der Waals surface area contributed by atoms with Gasteiger partial charge in [-0.15, -0.1) is 0 Å². The van der Waals surface area contributed by atoms with Crippen LogP contribution in [0.15, 0.2) is 0 Å². The lowest BCUT2D eigenvalue weighted by Crippen LogP contribution is -2.14. The van der Waals surface area contributed by atoms with E-state index in [1.165, 1.54) is 11.3 Å². The molecule has 0 saturated heterocycles. The van der Waals surface area contributed by atoms with Gasteiger partial charge in [-0.2, -0.15) is 5.10 Å². The van der Waals surface area contributed by atoms with Gasteiger partial charge in [0.2, 0.25) is 0 Å². The molecule has 4 heteroatoms. The van der Waals surface area contributed by atoms with Gasteiger partial charge in [-0.05, 0) is 32.7 Å². The van der Waals surface area contributed by atoms with E-state index in [1.807, 2.05) is 0 Å². The highest BCUT2D eigenvalue weighted by atomic mass is 16.5. The molecule has 0 bridgehead atoms. The molecule has 19 heavy (non-hydrogen) atoms. The van der Waals surface area contributed by atoms with Gasteiger partial charge in [0.05, 0.1) is 18.8 Å². The lowest BCUT2D eigenvalue weighted by atomic mass is 10.1. The minimum absolute atomic E-state index is 0.709. The first-order valence-electron chi connectivity index (χ1n) is 7.37. The predicted molar refractivity (Wildman–Crippen MR) is 79.4 cm³/mol. The first-order valence-corrected chi connectivity index (χ1v) is 7.37. The summed E-state index contributed by atoms with van der Waals surface area (Å²) in [6.45, 7) is 15.1. The number of aryl methyl sites for hydroxylation is 1. The van der Waals surface area contributed by atoms with Crippen LogP contribution in [0.5, 0.6) is 0 Å². The van der Waals surface area contributed by atoms with Crippen molar-refractivity contribution < 1.29 is 4.74 Å². The van der Waals surface area contributed by atoms with Gasteiger partial charge in [0.25, 0.3) is 0 Å². The topological polar surface area (TPSA) is 39.1 Å². The molecule has 0 aliphatic carbocycles. The Hall–Kier alpha value is -0.870. The lowest BCUT2D eigenvalue weighted by molar-refractivity contribution is 0.113. The fraction of sp³-hybridized carbons (Fsp3) is 0.800. The van der Waals surface area contributed by atoms with Gasteiger partial charge >= 0.3 is 0 Å². The average Bonchev–Trinajstić information content (AvgIpc) is 2.62. The van der Waals surface area contributed by atoms with Gasteiger partial charge in [0, 0.05) is 24.4 Å². The van der Waals surface area contributed by atoms with Crippen LogP contribution in [0.1, 0.15) is 44.1 Å². The Bertz CT molecular complexity index is 372. The van der Waals surface area contributed by atoms with E-state index in [-0.39, 0.29) is 0 Å². The van der Waals surface area contributed by atoms with E-state index in [0.717, 1.165) is 45.0 Å². The van der Waals surface area contributed by atoms with E-state index in [0.29, 0.717) is 5.92 Å². The molecule has 0 amide bonds. The van der Waals surface area contributed by atoms with Crippen molar-refractivity contribution in [3.8, 4) is 0 Å². The van der Waals surface area contributed by atoms with Crippen LogP contribution in [0.25, 0.3) is 0 Å². The molecule has 0 radical (unpaired) electrons. The summed E-state index contributed by atoms with van der Waals surface area (Å²) in [6, 6.07) is 0. The van der Waals surface area contributed by atoms with E-state index in [2.05, 4.69) is 49.7 Å². The van der Waals surface area contributed by atoms with Crippen molar-refractivity contribution in [1.29, 1.82) is 0 Å². The van der Waals surface area contributed by atoms with Crippen molar-refractivity contribution in [1.82, 2.24) is 15.1 Å². The van der Waals surface area contributed by atoms with Crippen LogP contribution >= 0.6 is 0 Å². The van der Waals surface area contributed by atoms with E-state index >= 15 is 0 Å². The fourth-order valence-corrected chi connectivity index (χ4v) is 2.03. The van der Waals surface area contributed by atoms with Crippen LogP contribution in [0.2, 0.25) is 0 Å². The molecule has 0 unspecified atom stereocenters. The van der Waals surface area contributed by atoms with Gasteiger partial charge in [0.15, 0.2) is 0 Å². The fourth-order valence-electron chi connectivity index (χ4n) is 2.03. The predicted octanol–water partition coefficient (Wildman–Crippen LogP) is 2.67. The van der Waals surface area contributed by atoms with Gasteiger partial charge in [-0.3, -0.25) is 4.68 Å². The molecule has 1 aromatic rings. The minimum Gasteiger partial charge on any atom is -0.380 e. The number of rotatable bonds is 9. The molecule has 0 fully saturated rings. The molecule has 0 spiro atoms. The highest BCUT2D eigenvalue weighted by molar-refractivity contribution is 5.24. The summed E-state index contributed by atoms with van der Waals surface area (Å²) in [6.07, 6.45) is 1.13. The summed E-state index contributed by atoms with van der Waals surface area (Å²) in [5.41, 5.74) is 3.70. The van der Waals surface area contributed by atoms with E-state index < -0.39 is 0 Å². The Morgan fingerprint density at radius 2 is 2.00 bits per heavy atom. The zero-order valence-electron chi connectivity index (χ0n) is 13.1. The van der Waals surface area contributed by atoms with Gasteiger partial charge < -0.3 is 10.1 Å². The van der Waals surface area contributed by atoms with Crippen molar-refractivity contribution in [2.45, 2.75) is 54.1 Å². The van der Waals surface area contributed by atoms with E-state index in [9.17, 15) is 0 Å². The maximum atomic E-state index is 5.66. The summed E-state index contributed by atoms with van der Waals surface area (Å²) in [5.74, 6) is 0.709. The van der Waals surface area contributed by atoms with Gasteiger partial charge in [0.1, 0.15) is 0 Å². The second kappa shape index (κ2) is 8.33. The van der Waals surface area contributed by atoms with Crippen LogP contribution in [0.3, 0.4) is 0 Å². The van der Waals surface area contributed by atoms with Gasteiger partial charge in [-0.25, -0.2) is 0 Å². The number of hydrogen-bond donors (Lipinski definition) is 1. The monoisotopic (exact) mass is 267 g/mol. The van der Waals surface area contributed by atoms with Crippen LogP contribution in [0.4, 0.5) is 0 Å². The maximum absolute atomic E-state index is 5.66. The third-order valence-corrected chi connectivity index (χ3v) is 3.37. The molecule has 1 aromatic heterocycles. The van der Waals surface area contributed by atoms with Crippen LogP contribution < -0.4 is 5.32 Å². The molecular formula is C15H29N3O. The van der Waals surface area contributed by atoms with Crippen molar-refractivity contribution in [3.63, 3.8) is 0 Å². The Morgan fingerprint density at radius 1 is 1.26 bits per heavy atom. The number of nitrogens with one attached hydrogen (secondary N) is 1. The number of aromatic nitrogens is 2. The van der Waals surface area contributed by atoms with Crippen LogP contribution in [0, 0.1) is 19.8 Å². The highest BCUT2D eigenvalue weighted by Crippen LogP contribution is 2.12. The molecule has 1 heterocycles. The zero-order chi connectivity index (χ0) is 14.3. The van der Waals surface area contributed by atoms with Crippen molar-refractivity contribution in [3.05, 3.63) is 17.0 Å². The third kappa shape index (κ3) is 5.33. The Morgan fingerprint density at radius 3 is 2.63 bits per heavy atom. The Labute approximate surface area is 117 Å². The van der Waals surface area contributed by atoms with Crippen LogP contribution in [-0.4, -0.2) is 29.5 Å². The number of ether oxygens (including phenoxy) is 1. The molecular weight excluding hydrogens is 238 g/mol. The second-order valence-corrected chi connectivity index (χ2v) is 5.45. The minimum atomic E-state index is 0.709. The summed E-state index contributed by atoms with van der Waals surface area (Å²) in [5, 5.41) is 7.96. The lowest BCUT2D eigenvalue weighted by Gasteiger charge is -2.08. The normalized spacial score (nSPS) is 11.5. The standard InChI is InChI=1S/C15H29N3O/c1-6-16-11-15-13(4)17-18(14(15)5)8-10-19-9-7-12(2)3/h12,16H,6-11H2,1-5H3. The molecule has 0 saturated carbocycles. The van der Waals surface area contributed by atoms with Crippen LogP contribution in [-0.2, 0) is 17.8 Å². The van der Waals surface area contributed by atoms with Crippen molar-refractivity contribution >= 4 is 0 Å². The van der Waals surface area contributed by atoms with E-state index in [4.69, 9.17) is 4.74 Å². The van der Waals surface area contributed by atoms with Crippen molar-refractivity contribution in [2.24, 2.45) is 5.92 Å². The highest BCUT2D eigenvalue weighted by Gasteiger charge is 2.10. The maximum Gasteiger partial charge on any atom is 0.0662 e. The smallest absolute Gasteiger partial charge is 0.0662 e. The average molecular weight is 267 g/mol. The molecule has 0 atom stereocenters. The quantitative estimate of drug-likeness (QED) is 0.699. The first kappa shape index (κ1) is 16.2. The number of nitrogens with zero attached hydrogens (tertiary/aromatic N) is 2. The van der Waals surface area contributed by atoms with Crippen molar-refractivity contribution in [2.75, 3.05) is 19.8 Å². The molecule has 0 aliphatic heterocycles. The van der Waals surface area contributed by atoms with E-state index in [1.54, 1.807) is 0 Å². The summed E-state index contributed by atoms with van der Waals surface area (Å²) >= 11 is 0. The third-order valence-electron chi connectivity index (χ3n) is 3.37. The Kier molecular flexibility index (Phi) is 7.10. The first-order chi connectivity index (χ1) is 9.06. The summed E-state index contributed by atoms with van der Waals surface area (Å²) in [7, 11) is 0. The molecule has 0 aromatic carbocycles. The molecule has 0 aliphatic rings. The largest absolute Gasteiger partial charge is 0.380 e. The second-order valence-electron chi connectivity index (χ2n) is 5.45. The Balaban J connectivity index is 2.41. The SMILES string of the molecule is CCNCc1c(C)nn(CCOCCC(C)C)c1C. The number of hydrogen-bond acceptors (Lipinski definition) is 3. The van der Waals surface area contributed by atoms with Gasteiger partial charge in [-0.1, -0.05) is 20.8 Å². The summed E-state index contributed by atoms with van der Waals surface area (Å²) in [4.78, 5) is 0. The summed E-state index contributed by atoms with van der Waals surface area (Å²) < 4.78 is 7.72. The zero-order valence-corrected chi connectivity index (χ0v) is 13.1. The molecule has 1 N–H and O–H groups in total.